The lowest BCUT2D eigenvalue weighted by Crippen LogP contribution is -2.50. The molecule has 0 aliphatic carbocycles. The summed E-state index contributed by atoms with van der Waals surface area (Å²) in [7, 11) is 0. The Hall–Kier alpha value is -3.66. The molecule has 2 aromatic carbocycles. The monoisotopic (exact) mass is 441 g/mol. The minimum absolute atomic E-state index is 0.199. The summed E-state index contributed by atoms with van der Waals surface area (Å²) in [6.07, 6.45) is 0. The average molecular weight is 441 g/mol. The fourth-order valence-electron chi connectivity index (χ4n) is 4.03. The number of nitrogens with one attached hydrogen (secondary N) is 1. The number of aromatic nitrogens is 2. The van der Waals surface area contributed by atoms with Crippen LogP contribution in [0.3, 0.4) is 0 Å². The number of benzene rings is 2. The maximum atomic E-state index is 13.5. The van der Waals surface area contributed by atoms with Gasteiger partial charge in [-0.25, -0.2) is 8.78 Å². The first-order chi connectivity index (χ1) is 15.3. The quantitative estimate of drug-likeness (QED) is 0.483. The Morgan fingerprint density at radius 1 is 1.00 bits per heavy atom. The molecule has 4 rings (SSSR count). The topological polar surface area (TPSA) is 95.4 Å². The first-order valence-electron chi connectivity index (χ1n) is 10.1. The Kier molecular flexibility index (Phi) is 5.95. The highest BCUT2D eigenvalue weighted by atomic mass is 19.1. The summed E-state index contributed by atoms with van der Waals surface area (Å²) in [4.78, 5) is 27.2. The summed E-state index contributed by atoms with van der Waals surface area (Å²) >= 11 is 0. The van der Waals surface area contributed by atoms with Crippen molar-refractivity contribution < 1.29 is 18.5 Å². The minimum atomic E-state index is -0.610. The van der Waals surface area contributed by atoms with Gasteiger partial charge in [0, 0.05) is 26.2 Å². The number of nitrogens with zero attached hydrogens (tertiary/aromatic N) is 4. The van der Waals surface area contributed by atoms with E-state index >= 15 is 0 Å². The Morgan fingerprint density at radius 3 is 1.97 bits per heavy atom. The van der Waals surface area contributed by atoms with Gasteiger partial charge in [0.2, 0.25) is 5.69 Å². The van der Waals surface area contributed by atoms with E-state index in [4.69, 9.17) is 0 Å². The van der Waals surface area contributed by atoms with Crippen LogP contribution >= 0.6 is 0 Å². The van der Waals surface area contributed by atoms with E-state index in [1.54, 1.807) is 24.3 Å². The van der Waals surface area contributed by atoms with E-state index in [9.17, 15) is 23.7 Å². The highest BCUT2D eigenvalue weighted by Gasteiger charge is 2.34. The fourth-order valence-corrected chi connectivity index (χ4v) is 4.03. The van der Waals surface area contributed by atoms with E-state index in [-0.39, 0.29) is 34.8 Å². The maximum Gasteiger partial charge on any atom is 0.322 e. The molecule has 1 aliphatic heterocycles. The number of amides is 1. The normalized spacial score (nSPS) is 14.7. The van der Waals surface area contributed by atoms with E-state index in [1.807, 2.05) is 0 Å². The van der Waals surface area contributed by atoms with Gasteiger partial charge in [0.1, 0.15) is 17.3 Å². The van der Waals surface area contributed by atoms with E-state index in [1.165, 1.54) is 36.1 Å². The minimum Gasteiger partial charge on any atom is -0.334 e. The number of hydrogen-bond donors (Lipinski definition) is 1. The highest BCUT2D eigenvalue weighted by Crippen LogP contribution is 2.30. The second kappa shape index (κ2) is 8.83. The van der Waals surface area contributed by atoms with Crippen molar-refractivity contribution >= 4 is 11.6 Å². The summed E-state index contributed by atoms with van der Waals surface area (Å²) in [5.74, 6) is -1.20. The van der Waals surface area contributed by atoms with Crippen LogP contribution in [0.2, 0.25) is 0 Å². The van der Waals surface area contributed by atoms with Crippen LogP contribution in [-0.2, 0) is 0 Å². The third-order valence-electron chi connectivity index (χ3n) is 5.64. The van der Waals surface area contributed by atoms with Crippen LogP contribution < -0.4 is 0 Å². The molecule has 32 heavy (non-hydrogen) atoms. The smallest absolute Gasteiger partial charge is 0.322 e. The van der Waals surface area contributed by atoms with Crippen molar-refractivity contribution in [3.8, 4) is 0 Å². The number of aryl methyl sites for hydroxylation is 1. The van der Waals surface area contributed by atoms with Crippen molar-refractivity contribution in [3.63, 3.8) is 0 Å². The maximum absolute atomic E-state index is 13.5. The molecule has 166 valence electrons. The standard InChI is InChI=1S/C22H21F2N5O3/c1-14-20(29(31)32)19(26-25-14)22(30)28-12-10-27(11-13-28)21(15-2-6-17(23)7-3-15)16-4-8-18(24)9-5-16/h2-9,21H,10-13H2,1H3,(H,25,26). The first-order valence-corrected chi connectivity index (χ1v) is 10.1. The van der Waals surface area contributed by atoms with E-state index in [0.717, 1.165) is 11.1 Å². The SMILES string of the molecule is Cc1[nH]nc(C(=O)N2CCN(C(c3ccc(F)cc3)c3ccc(F)cc3)CC2)c1[N+](=O)[O-]. The molecular weight excluding hydrogens is 420 g/mol. The molecule has 1 saturated heterocycles. The summed E-state index contributed by atoms with van der Waals surface area (Å²) in [6, 6.07) is 12.0. The predicted octanol–water partition coefficient (Wildman–Crippen LogP) is 3.45. The molecule has 10 heteroatoms. The second-order valence-electron chi connectivity index (χ2n) is 7.64. The fraction of sp³-hybridized carbons (Fsp3) is 0.273. The molecule has 0 atom stereocenters. The largest absolute Gasteiger partial charge is 0.334 e. The first kappa shape index (κ1) is 21.6. The van der Waals surface area contributed by atoms with Crippen LogP contribution in [0, 0.1) is 28.7 Å². The molecule has 0 saturated carbocycles. The van der Waals surface area contributed by atoms with Crippen LogP contribution in [-0.4, -0.2) is 57.0 Å². The van der Waals surface area contributed by atoms with Crippen LogP contribution in [0.15, 0.2) is 48.5 Å². The van der Waals surface area contributed by atoms with Crippen LogP contribution in [0.4, 0.5) is 14.5 Å². The molecule has 0 bridgehead atoms. The zero-order chi connectivity index (χ0) is 22.8. The number of nitro groups is 1. The number of halogens is 2. The summed E-state index contributed by atoms with van der Waals surface area (Å²) < 4.78 is 27.0. The van der Waals surface area contributed by atoms with Gasteiger partial charge in [0.15, 0.2) is 0 Å². The predicted molar refractivity (Wildman–Crippen MR) is 112 cm³/mol. The molecule has 0 radical (unpaired) electrons. The number of piperazine rings is 1. The van der Waals surface area contributed by atoms with E-state index in [2.05, 4.69) is 15.1 Å². The highest BCUT2D eigenvalue weighted by molar-refractivity contribution is 5.96. The summed E-state index contributed by atoms with van der Waals surface area (Å²) in [5.41, 5.74) is 1.40. The Labute approximate surface area is 182 Å². The third-order valence-corrected chi connectivity index (χ3v) is 5.64. The Morgan fingerprint density at radius 2 is 1.50 bits per heavy atom. The molecule has 8 nitrogen and oxygen atoms in total. The van der Waals surface area contributed by atoms with Gasteiger partial charge in [0.25, 0.3) is 5.91 Å². The van der Waals surface area contributed by atoms with Crippen LogP contribution in [0.25, 0.3) is 0 Å². The molecule has 1 fully saturated rings. The van der Waals surface area contributed by atoms with Gasteiger partial charge in [-0.2, -0.15) is 5.10 Å². The van der Waals surface area contributed by atoms with Gasteiger partial charge in [0.05, 0.1) is 11.0 Å². The van der Waals surface area contributed by atoms with Gasteiger partial charge in [-0.15, -0.1) is 0 Å². The summed E-state index contributed by atoms with van der Waals surface area (Å²) in [5, 5.41) is 17.6. The van der Waals surface area contributed by atoms with Gasteiger partial charge in [-0.3, -0.25) is 24.9 Å². The molecule has 1 aliphatic rings. The number of H-pyrrole nitrogens is 1. The van der Waals surface area contributed by atoms with Crippen LogP contribution in [0.1, 0.15) is 33.4 Å². The van der Waals surface area contributed by atoms with Gasteiger partial charge < -0.3 is 4.90 Å². The molecule has 1 amide bonds. The van der Waals surface area contributed by atoms with Crippen molar-refractivity contribution in [2.24, 2.45) is 0 Å². The molecule has 1 N–H and O–H groups in total. The lowest BCUT2D eigenvalue weighted by atomic mass is 9.96. The molecule has 2 heterocycles. The Bertz CT molecular complexity index is 1080. The third kappa shape index (κ3) is 4.22. The lowest BCUT2D eigenvalue weighted by molar-refractivity contribution is -0.385. The van der Waals surface area contributed by atoms with Crippen molar-refractivity contribution in [2.45, 2.75) is 13.0 Å². The molecule has 0 unspecified atom stereocenters. The number of hydrogen-bond acceptors (Lipinski definition) is 5. The van der Waals surface area contributed by atoms with E-state index < -0.39 is 10.8 Å². The van der Waals surface area contributed by atoms with Gasteiger partial charge in [-0.05, 0) is 42.3 Å². The van der Waals surface area contributed by atoms with Crippen molar-refractivity contribution in [1.29, 1.82) is 0 Å². The van der Waals surface area contributed by atoms with Crippen molar-refractivity contribution in [2.75, 3.05) is 26.2 Å². The Balaban J connectivity index is 1.55. The molecular formula is C22H21F2N5O3. The van der Waals surface area contributed by atoms with Crippen LogP contribution in [0.5, 0.6) is 0 Å². The van der Waals surface area contributed by atoms with Gasteiger partial charge in [-0.1, -0.05) is 24.3 Å². The van der Waals surface area contributed by atoms with Crippen molar-refractivity contribution in [1.82, 2.24) is 20.0 Å². The molecule has 3 aromatic rings. The van der Waals surface area contributed by atoms with Crippen molar-refractivity contribution in [3.05, 3.63) is 92.8 Å². The zero-order valence-electron chi connectivity index (χ0n) is 17.3. The number of carbonyl (C=O) groups excluding carboxylic acids is 1. The zero-order valence-corrected chi connectivity index (χ0v) is 17.3. The number of rotatable bonds is 5. The number of aromatic amines is 1. The lowest BCUT2D eigenvalue weighted by Gasteiger charge is -2.39. The average Bonchev–Trinajstić information content (AvgIpc) is 3.18. The van der Waals surface area contributed by atoms with Gasteiger partial charge >= 0.3 is 5.69 Å². The number of carbonyl (C=O) groups is 1. The van der Waals surface area contributed by atoms with E-state index in [0.29, 0.717) is 26.2 Å². The molecule has 0 spiro atoms. The second-order valence-corrected chi connectivity index (χ2v) is 7.64. The molecule has 1 aromatic heterocycles. The summed E-state index contributed by atoms with van der Waals surface area (Å²) in [6.45, 7) is 3.11.